The smallest absolute Gasteiger partial charge is 0.407 e. The number of alkyl carbamates (subject to hydrolysis) is 1. The van der Waals surface area contributed by atoms with Crippen LogP contribution in [0, 0.1) is 5.92 Å². The number of esters is 1. The predicted molar refractivity (Wildman–Crippen MR) is 154 cm³/mol. The molecule has 2 aliphatic rings. The standard InChI is InChI=1S/C32H38N2O8/c1-5-6-9-25(33-30(37)29(18(2)3)34-32(39)40-4)31(38)42-17-27(36)20-11-12-22-21(13-20)16-41-28-15-23-19(14-24(22)28)8-7-10-26(23)35/h11-15,18,25,29H,5-10,16-17H2,1-4H3,(H,33,37)(H,34,39). The Bertz CT molecular complexity index is 1380. The van der Waals surface area contributed by atoms with E-state index in [-0.39, 0.29) is 24.1 Å². The number of hydrogen-bond acceptors (Lipinski definition) is 8. The molecular formula is C32H38N2O8. The third-order valence-electron chi connectivity index (χ3n) is 7.66. The maximum absolute atomic E-state index is 13.0. The average Bonchev–Trinajstić information content (AvgIpc) is 2.99. The molecule has 4 rings (SSSR count). The van der Waals surface area contributed by atoms with Crippen molar-refractivity contribution in [1.82, 2.24) is 10.6 Å². The second-order valence-corrected chi connectivity index (χ2v) is 11.0. The van der Waals surface area contributed by atoms with Crippen LogP contribution >= 0.6 is 0 Å². The molecule has 2 aromatic carbocycles. The van der Waals surface area contributed by atoms with Crippen molar-refractivity contribution in [3.8, 4) is 16.9 Å². The van der Waals surface area contributed by atoms with E-state index in [0.29, 0.717) is 30.6 Å². The molecule has 42 heavy (non-hydrogen) atoms. The minimum Gasteiger partial charge on any atom is -0.488 e. The fourth-order valence-electron chi connectivity index (χ4n) is 5.26. The highest BCUT2D eigenvalue weighted by atomic mass is 16.5. The molecule has 2 aromatic rings. The van der Waals surface area contributed by atoms with E-state index < -0.39 is 36.7 Å². The van der Waals surface area contributed by atoms with Crippen molar-refractivity contribution in [1.29, 1.82) is 0 Å². The Hall–Kier alpha value is -4.21. The zero-order chi connectivity index (χ0) is 30.4. The van der Waals surface area contributed by atoms with Crippen LogP contribution in [0.15, 0.2) is 30.3 Å². The maximum Gasteiger partial charge on any atom is 0.407 e. The van der Waals surface area contributed by atoms with E-state index in [9.17, 15) is 24.0 Å². The van der Waals surface area contributed by atoms with Crippen LogP contribution in [0.2, 0.25) is 0 Å². The van der Waals surface area contributed by atoms with Gasteiger partial charge >= 0.3 is 12.1 Å². The molecule has 2 N–H and O–H groups in total. The second-order valence-electron chi connectivity index (χ2n) is 11.0. The maximum atomic E-state index is 13.0. The molecule has 0 saturated heterocycles. The Morgan fingerprint density at radius 3 is 2.48 bits per heavy atom. The third-order valence-corrected chi connectivity index (χ3v) is 7.66. The summed E-state index contributed by atoms with van der Waals surface area (Å²) in [5, 5.41) is 5.15. The van der Waals surface area contributed by atoms with Crippen LogP contribution in [0.5, 0.6) is 5.75 Å². The molecule has 2 unspecified atom stereocenters. The van der Waals surface area contributed by atoms with Gasteiger partial charge in [-0.2, -0.15) is 0 Å². The molecule has 10 nitrogen and oxygen atoms in total. The Morgan fingerprint density at radius 2 is 1.76 bits per heavy atom. The number of methoxy groups -OCH3 is 1. The van der Waals surface area contributed by atoms with Gasteiger partial charge in [-0.05, 0) is 60.1 Å². The van der Waals surface area contributed by atoms with Crippen LogP contribution in [0.1, 0.15) is 84.7 Å². The molecule has 2 amide bonds. The number of Topliss-reactive ketones (excluding diaryl/α,β-unsaturated/α-hetero) is 2. The molecule has 224 valence electrons. The Kier molecular flexibility index (Phi) is 9.98. The van der Waals surface area contributed by atoms with Crippen molar-refractivity contribution < 1.29 is 38.2 Å². The van der Waals surface area contributed by atoms with Crippen molar-refractivity contribution >= 4 is 29.5 Å². The van der Waals surface area contributed by atoms with Gasteiger partial charge in [0, 0.05) is 23.1 Å². The number of ether oxygens (including phenoxy) is 3. The molecule has 1 heterocycles. The van der Waals surface area contributed by atoms with Gasteiger partial charge in [0.25, 0.3) is 0 Å². The Labute approximate surface area is 245 Å². The average molecular weight is 579 g/mol. The highest BCUT2D eigenvalue weighted by Gasteiger charge is 2.30. The quantitative estimate of drug-likeness (QED) is 0.293. The summed E-state index contributed by atoms with van der Waals surface area (Å²) in [6.07, 6.45) is 3.22. The van der Waals surface area contributed by atoms with E-state index in [1.165, 1.54) is 7.11 Å². The lowest BCUT2D eigenvalue weighted by molar-refractivity contribution is -0.147. The predicted octanol–water partition coefficient (Wildman–Crippen LogP) is 4.55. The van der Waals surface area contributed by atoms with Gasteiger partial charge in [-0.25, -0.2) is 9.59 Å². The van der Waals surface area contributed by atoms with Gasteiger partial charge in [0.1, 0.15) is 24.4 Å². The van der Waals surface area contributed by atoms with E-state index in [4.69, 9.17) is 9.47 Å². The molecule has 0 bridgehead atoms. The molecule has 2 atom stereocenters. The number of hydrogen-bond donors (Lipinski definition) is 2. The minimum absolute atomic E-state index is 0.137. The van der Waals surface area contributed by atoms with Gasteiger partial charge in [-0.15, -0.1) is 0 Å². The van der Waals surface area contributed by atoms with Crippen LogP contribution in [0.4, 0.5) is 4.79 Å². The van der Waals surface area contributed by atoms with E-state index in [1.54, 1.807) is 26.0 Å². The van der Waals surface area contributed by atoms with Crippen molar-refractivity contribution in [2.75, 3.05) is 13.7 Å². The first-order valence-electron chi connectivity index (χ1n) is 14.4. The monoisotopic (exact) mass is 578 g/mol. The van der Waals surface area contributed by atoms with E-state index in [2.05, 4.69) is 15.4 Å². The molecule has 1 aliphatic carbocycles. The number of fused-ring (bicyclic) bond motifs is 4. The topological polar surface area (TPSA) is 137 Å². The van der Waals surface area contributed by atoms with Crippen molar-refractivity contribution in [3.05, 3.63) is 52.6 Å². The molecule has 0 fully saturated rings. The number of carbonyl (C=O) groups is 5. The summed E-state index contributed by atoms with van der Waals surface area (Å²) in [7, 11) is 1.20. The van der Waals surface area contributed by atoms with Crippen LogP contribution in [-0.4, -0.2) is 55.3 Å². The fraction of sp³-hybridized carbons (Fsp3) is 0.469. The SMILES string of the molecule is CCCCC(NC(=O)C(NC(=O)OC)C(C)C)C(=O)OCC(=O)c1ccc2c(c1)COc1cc3c(cc1-2)CCCC3=O. The number of rotatable bonds is 11. The summed E-state index contributed by atoms with van der Waals surface area (Å²) in [5.41, 5.74) is 4.77. The number of ketones is 2. The number of amides is 2. The summed E-state index contributed by atoms with van der Waals surface area (Å²) in [6.45, 7) is 5.23. The van der Waals surface area contributed by atoms with Gasteiger partial charge in [-0.1, -0.05) is 45.7 Å². The number of unbranched alkanes of at least 4 members (excludes halogenated alkanes) is 1. The minimum atomic E-state index is -0.975. The van der Waals surface area contributed by atoms with E-state index >= 15 is 0 Å². The molecule has 10 heteroatoms. The van der Waals surface area contributed by atoms with E-state index in [1.807, 2.05) is 25.1 Å². The number of aryl methyl sites for hydroxylation is 1. The Balaban J connectivity index is 1.42. The summed E-state index contributed by atoms with van der Waals surface area (Å²) < 4.78 is 15.9. The molecular weight excluding hydrogens is 540 g/mol. The molecule has 1 aliphatic heterocycles. The largest absolute Gasteiger partial charge is 0.488 e. The molecule has 0 spiro atoms. The lowest BCUT2D eigenvalue weighted by atomic mass is 9.86. The molecule has 0 aromatic heterocycles. The molecule has 0 saturated carbocycles. The van der Waals surface area contributed by atoms with Gasteiger partial charge in [-0.3, -0.25) is 14.4 Å². The van der Waals surface area contributed by atoms with E-state index in [0.717, 1.165) is 47.1 Å². The van der Waals surface area contributed by atoms with Crippen molar-refractivity contribution in [2.45, 2.75) is 78.0 Å². The highest BCUT2D eigenvalue weighted by Crippen LogP contribution is 2.41. The van der Waals surface area contributed by atoms with Crippen molar-refractivity contribution in [3.63, 3.8) is 0 Å². The number of nitrogens with one attached hydrogen (secondary N) is 2. The highest BCUT2D eigenvalue weighted by molar-refractivity contribution is 6.01. The van der Waals surface area contributed by atoms with Gasteiger partial charge < -0.3 is 24.8 Å². The van der Waals surface area contributed by atoms with Gasteiger partial charge in [0.15, 0.2) is 18.2 Å². The number of carbonyl (C=O) groups excluding carboxylic acids is 5. The second kappa shape index (κ2) is 13.6. The third kappa shape index (κ3) is 6.98. The first-order chi connectivity index (χ1) is 20.1. The fourth-order valence-corrected chi connectivity index (χ4v) is 5.26. The Morgan fingerprint density at radius 1 is 0.976 bits per heavy atom. The van der Waals surface area contributed by atoms with Crippen LogP contribution in [0.25, 0.3) is 11.1 Å². The lowest BCUT2D eigenvalue weighted by Crippen LogP contribution is -2.54. The molecule has 0 radical (unpaired) electrons. The summed E-state index contributed by atoms with van der Waals surface area (Å²) in [5.74, 6) is -1.12. The normalized spacial score (nSPS) is 14.8. The van der Waals surface area contributed by atoms with Crippen molar-refractivity contribution in [2.24, 2.45) is 5.92 Å². The summed E-state index contributed by atoms with van der Waals surface area (Å²) >= 11 is 0. The number of benzene rings is 2. The first kappa shape index (κ1) is 30.7. The first-order valence-corrected chi connectivity index (χ1v) is 14.4. The van der Waals surface area contributed by atoms with Crippen LogP contribution < -0.4 is 15.4 Å². The summed E-state index contributed by atoms with van der Waals surface area (Å²) in [4.78, 5) is 62.9. The lowest BCUT2D eigenvalue weighted by Gasteiger charge is -2.25. The van der Waals surface area contributed by atoms with Crippen LogP contribution in [-0.2, 0) is 32.1 Å². The van der Waals surface area contributed by atoms with Gasteiger partial charge in [0.2, 0.25) is 5.91 Å². The zero-order valence-electron chi connectivity index (χ0n) is 24.5. The zero-order valence-corrected chi connectivity index (χ0v) is 24.5. The summed E-state index contributed by atoms with van der Waals surface area (Å²) in [6, 6.07) is 7.24. The van der Waals surface area contributed by atoms with Gasteiger partial charge in [0.05, 0.1) is 7.11 Å². The van der Waals surface area contributed by atoms with Crippen LogP contribution in [0.3, 0.4) is 0 Å².